The maximum absolute atomic E-state index is 3.83. The van der Waals surface area contributed by atoms with Gasteiger partial charge in [-0.15, -0.1) is 0 Å². The summed E-state index contributed by atoms with van der Waals surface area (Å²) >= 11 is 0. The number of nitrogens with one attached hydrogen (secondary N) is 1. The predicted molar refractivity (Wildman–Crippen MR) is 90.2 cm³/mol. The molecule has 0 amide bonds. The molecule has 20 heavy (non-hydrogen) atoms. The highest BCUT2D eigenvalue weighted by Crippen LogP contribution is 2.40. The topological polar surface area (TPSA) is 15.3 Å². The van der Waals surface area contributed by atoms with Crippen molar-refractivity contribution in [3.8, 4) is 0 Å². The van der Waals surface area contributed by atoms with Crippen LogP contribution in [0.25, 0.3) is 0 Å². The predicted octanol–water partition coefficient (Wildman–Crippen LogP) is 4.30. The van der Waals surface area contributed by atoms with E-state index in [4.69, 9.17) is 0 Å². The number of rotatable bonds is 6. The normalized spacial score (nSPS) is 29.7. The van der Waals surface area contributed by atoms with Gasteiger partial charge in [-0.25, -0.2) is 0 Å². The summed E-state index contributed by atoms with van der Waals surface area (Å²) in [6.07, 6.45) is 8.09. The van der Waals surface area contributed by atoms with Crippen LogP contribution in [0, 0.1) is 11.3 Å². The second-order valence-electron chi connectivity index (χ2n) is 8.41. The Labute approximate surface area is 127 Å². The van der Waals surface area contributed by atoms with Gasteiger partial charge in [0.1, 0.15) is 0 Å². The van der Waals surface area contributed by atoms with Crippen LogP contribution in [-0.2, 0) is 0 Å². The van der Waals surface area contributed by atoms with E-state index < -0.39 is 0 Å². The van der Waals surface area contributed by atoms with Gasteiger partial charge in [0.15, 0.2) is 0 Å². The molecule has 3 unspecified atom stereocenters. The van der Waals surface area contributed by atoms with Crippen molar-refractivity contribution in [2.24, 2.45) is 11.3 Å². The first-order chi connectivity index (χ1) is 9.21. The van der Waals surface area contributed by atoms with E-state index in [1.165, 1.54) is 38.5 Å². The maximum atomic E-state index is 3.83. The lowest BCUT2D eigenvalue weighted by Crippen LogP contribution is -2.61. The average molecular weight is 283 g/mol. The van der Waals surface area contributed by atoms with Gasteiger partial charge in [0, 0.05) is 11.6 Å². The van der Waals surface area contributed by atoms with Crippen LogP contribution in [-0.4, -0.2) is 37.1 Å². The van der Waals surface area contributed by atoms with Crippen molar-refractivity contribution in [3.05, 3.63) is 0 Å². The minimum atomic E-state index is 0.360. The molecule has 1 aliphatic rings. The van der Waals surface area contributed by atoms with Crippen molar-refractivity contribution in [2.45, 2.75) is 84.7 Å². The third-order valence-corrected chi connectivity index (χ3v) is 5.18. The van der Waals surface area contributed by atoms with Crippen molar-refractivity contribution in [1.82, 2.24) is 10.2 Å². The quantitative estimate of drug-likeness (QED) is 0.781. The van der Waals surface area contributed by atoms with E-state index in [-0.39, 0.29) is 0 Å². The van der Waals surface area contributed by atoms with Gasteiger partial charge in [0.25, 0.3) is 0 Å². The maximum Gasteiger partial charge on any atom is 0.0358 e. The molecule has 0 bridgehead atoms. The Kier molecular flexibility index (Phi) is 6.53. The van der Waals surface area contributed by atoms with Crippen LogP contribution in [0.4, 0.5) is 0 Å². The Hall–Kier alpha value is -0.0800. The molecule has 2 nitrogen and oxygen atoms in total. The highest BCUT2D eigenvalue weighted by Gasteiger charge is 2.43. The first-order valence-corrected chi connectivity index (χ1v) is 8.62. The van der Waals surface area contributed by atoms with Crippen LogP contribution in [0.15, 0.2) is 0 Å². The van der Waals surface area contributed by atoms with E-state index in [1.54, 1.807) is 0 Å². The molecule has 0 aromatic heterocycles. The van der Waals surface area contributed by atoms with Crippen molar-refractivity contribution in [2.75, 3.05) is 20.6 Å². The van der Waals surface area contributed by atoms with Crippen LogP contribution in [0.1, 0.15) is 73.1 Å². The number of likely N-dealkylation sites (N-methyl/N-ethyl adjacent to an activating group) is 2. The largest absolute Gasteiger partial charge is 0.312 e. The molecule has 120 valence electrons. The van der Waals surface area contributed by atoms with Gasteiger partial charge < -0.3 is 10.2 Å². The second-order valence-corrected chi connectivity index (χ2v) is 8.41. The third-order valence-electron chi connectivity index (χ3n) is 5.18. The van der Waals surface area contributed by atoms with Crippen molar-refractivity contribution in [3.63, 3.8) is 0 Å². The summed E-state index contributed by atoms with van der Waals surface area (Å²) in [4.78, 5) is 2.53. The van der Waals surface area contributed by atoms with E-state index in [2.05, 4.69) is 58.9 Å². The molecule has 1 saturated carbocycles. The van der Waals surface area contributed by atoms with Crippen molar-refractivity contribution >= 4 is 0 Å². The molecule has 0 saturated heterocycles. The molecule has 1 rings (SSSR count). The zero-order valence-electron chi connectivity index (χ0n) is 15.1. The van der Waals surface area contributed by atoms with Gasteiger partial charge in [-0.1, -0.05) is 47.5 Å². The fraction of sp³-hybridized carbons (Fsp3) is 1.00. The SMILES string of the molecule is CCNC(CCC(C)(C)C)C1(N(C)C)CCCC(C)C1. The van der Waals surface area contributed by atoms with E-state index in [9.17, 15) is 0 Å². The summed E-state index contributed by atoms with van der Waals surface area (Å²) in [6.45, 7) is 12.9. The van der Waals surface area contributed by atoms with E-state index >= 15 is 0 Å². The molecule has 0 aromatic rings. The average Bonchev–Trinajstić information content (AvgIpc) is 2.32. The van der Waals surface area contributed by atoms with Crippen molar-refractivity contribution in [1.29, 1.82) is 0 Å². The summed E-state index contributed by atoms with van der Waals surface area (Å²) in [5.74, 6) is 0.863. The van der Waals surface area contributed by atoms with E-state index in [1.807, 2.05) is 0 Å². The lowest BCUT2D eigenvalue weighted by Gasteiger charge is -2.51. The first kappa shape index (κ1) is 18.0. The van der Waals surface area contributed by atoms with Crippen LogP contribution in [0.5, 0.6) is 0 Å². The fourth-order valence-electron chi connectivity index (χ4n) is 3.98. The Balaban J connectivity index is 2.87. The molecule has 2 heteroatoms. The van der Waals surface area contributed by atoms with Gasteiger partial charge in [0.2, 0.25) is 0 Å². The van der Waals surface area contributed by atoms with E-state index in [0.29, 0.717) is 17.0 Å². The minimum absolute atomic E-state index is 0.360. The minimum Gasteiger partial charge on any atom is -0.312 e. The van der Waals surface area contributed by atoms with Gasteiger partial charge in [-0.3, -0.25) is 0 Å². The zero-order valence-corrected chi connectivity index (χ0v) is 15.1. The molecule has 1 aliphatic carbocycles. The van der Waals surface area contributed by atoms with Crippen LogP contribution < -0.4 is 5.32 Å². The molecule has 3 atom stereocenters. The van der Waals surface area contributed by atoms with E-state index in [0.717, 1.165) is 12.5 Å². The van der Waals surface area contributed by atoms with Crippen LogP contribution in [0.2, 0.25) is 0 Å². The second kappa shape index (κ2) is 7.26. The summed E-state index contributed by atoms with van der Waals surface area (Å²) < 4.78 is 0. The molecule has 1 N–H and O–H groups in total. The van der Waals surface area contributed by atoms with Crippen LogP contribution in [0.3, 0.4) is 0 Å². The summed E-state index contributed by atoms with van der Waals surface area (Å²) in [7, 11) is 4.58. The summed E-state index contributed by atoms with van der Waals surface area (Å²) in [5.41, 5.74) is 0.792. The fourth-order valence-corrected chi connectivity index (χ4v) is 3.98. The lowest BCUT2D eigenvalue weighted by molar-refractivity contribution is 0.0311. The number of hydrogen-bond acceptors (Lipinski definition) is 2. The number of hydrogen-bond donors (Lipinski definition) is 1. The Morgan fingerprint density at radius 2 is 1.95 bits per heavy atom. The third kappa shape index (κ3) is 4.73. The monoisotopic (exact) mass is 282 g/mol. The highest BCUT2D eigenvalue weighted by molar-refractivity contribution is 5.02. The first-order valence-electron chi connectivity index (χ1n) is 8.62. The summed E-state index contributed by atoms with van der Waals surface area (Å²) in [6, 6.07) is 0.629. The lowest BCUT2D eigenvalue weighted by atomic mass is 9.69. The van der Waals surface area contributed by atoms with Gasteiger partial charge in [-0.2, -0.15) is 0 Å². The smallest absolute Gasteiger partial charge is 0.0358 e. The molecule has 0 spiro atoms. The molecular formula is C18H38N2. The molecule has 0 radical (unpaired) electrons. The standard InChI is InChI=1S/C18H38N2/c1-8-19-16(11-13-17(3,4)5)18(20(6)7)12-9-10-15(2)14-18/h15-16,19H,8-14H2,1-7H3. The van der Waals surface area contributed by atoms with Crippen molar-refractivity contribution < 1.29 is 0 Å². The Morgan fingerprint density at radius 3 is 2.40 bits per heavy atom. The van der Waals surface area contributed by atoms with Crippen LogP contribution >= 0.6 is 0 Å². The molecular weight excluding hydrogens is 244 g/mol. The van der Waals surface area contributed by atoms with Gasteiger partial charge >= 0.3 is 0 Å². The Bertz CT molecular complexity index is 280. The molecule has 0 aromatic carbocycles. The van der Waals surface area contributed by atoms with Gasteiger partial charge in [-0.05, 0) is 57.7 Å². The van der Waals surface area contributed by atoms with Gasteiger partial charge in [0.05, 0.1) is 0 Å². The Morgan fingerprint density at radius 1 is 1.30 bits per heavy atom. The zero-order chi connectivity index (χ0) is 15.4. The number of nitrogens with zero attached hydrogens (tertiary/aromatic N) is 1. The molecule has 1 fully saturated rings. The molecule has 0 heterocycles. The molecule has 0 aliphatic heterocycles. The summed E-state index contributed by atoms with van der Waals surface area (Å²) in [5, 5.41) is 3.83. The highest BCUT2D eigenvalue weighted by atomic mass is 15.2.